The highest BCUT2D eigenvalue weighted by molar-refractivity contribution is 6.26. The molecule has 3 nitrogen and oxygen atoms in total. The molecule has 0 saturated heterocycles. The van der Waals surface area contributed by atoms with Gasteiger partial charge in [-0.2, -0.15) is 0 Å². The first-order valence-electron chi connectivity index (χ1n) is 13.1. The molecule has 3 aromatic heterocycles. The highest BCUT2D eigenvalue weighted by Gasteiger charge is 2.24. The largest absolute Gasteiger partial charge is 0.310 e. The summed E-state index contributed by atoms with van der Waals surface area (Å²) in [6.07, 6.45) is 2.19. The van der Waals surface area contributed by atoms with Crippen LogP contribution in [0.5, 0.6) is 0 Å². The molecule has 8 aromatic rings. The summed E-state index contributed by atoms with van der Waals surface area (Å²) in [6.45, 7) is 2.24. The van der Waals surface area contributed by atoms with Gasteiger partial charge in [0.25, 0.3) is 0 Å². The Morgan fingerprint density at radius 3 is 2.05 bits per heavy atom. The predicted octanol–water partition coefficient (Wildman–Crippen LogP) is 8.59. The molecule has 3 heteroatoms. The second kappa shape index (κ2) is 7.80. The lowest BCUT2D eigenvalue weighted by Crippen LogP contribution is -2.28. The standard InChI is InChI=1S/C35H26N3/c1-23-16-18-29-28-19-17-27(37(25-11-5-3-6-12-25)26-13-7-4-8-14-26)22-31(28)38-30-15-9-10-24-20-21-36(2)35(33(24)30)32(23)34(29)38/h3-22H,1-2H3/q+1. The van der Waals surface area contributed by atoms with E-state index in [1.165, 1.54) is 54.6 Å². The summed E-state index contributed by atoms with van der Waals surface area (Å²) in [5.74, 6) is 0. The second-order valence-corrected chi connectivity index (χ2v) is 10.2. The van der Waals surface area contributed by atoms with E-state index in [-0.39, 0.29) is 0 Å². The van der Waals surface area contributed by atoms with Gasteiger partial charge < -0.3 is 9.30 Å². The second-order valence-electron chi connectivity index (χ2n) is 10.2. The first-order chi connectivity index (χ1) is 18.7. The van der Waals surface area contributed by atoms with Crippen LogP contribution in [-0.2, 0) is 7.05 Å². The third-order valence-electron chi connectivity index (χ3n) is 8.03. The summed E-state index contributed by atoms with van der Waals surface area (Å²) in [5, 5.41) is 6.48. The number of rotatable bonds is 3. The number of para-hydroxylation sites is 2. The molecule has 5 aromatic carbocycles. The maximum atomic E-state index is 2.50. The molecule has 0 aliphatic heterocycles. The van der Waals surface area contributed by atoms with Crippen LogP contribution in [0.15, 0.2) is 121 Å². The fourth-order valence-corrected chi connectivity index (χ4v) is 6.37. The average Bonchev–Trinajstić information content (AvgIpc) is 3.29. The van der Waals surface area contributed by atoms with E-state index in [9.17, 15) is 0 Å². The number of pyridine rings is 2. The number of nitrogens with zero attached hydrogens (tertiary/aromatic N) is 3. The zero-order chi connectivity index (χ0) is 25.4. The van der Waals surface area contributed by atoms with Gasteiger partial charge in [0.1, 0.15) is 7.05 Å². The lowest BCUT2D eigenvalue weighted by atomic mass is 10.00. The van der Waals surface area contributed by atoms with Crippen LogP contribution < -0.4 is 9.47 Å². The van der Waals surface area contributed by atoms with Gasteiger partial charge in [-0.15, -0.1) is 0 Å². The maximum absolute atomic E-state index is 2.50. The van der Waals surface area contributed by atoms with Gasteiger partial charge in [0, 0.05) is 33.9 Å². The predicted molar refractivity (Wildman–Crippen MR) is 159 cm³/mol. The molecule has 0 atom stereocenters. The summed E-state index contributed by atoms with van der Waals surface area (Å²) < 4.78 is 4.78. The van der Waals surface area contributed by atoms with E-state index in [1.807, 2.05) is 0 Å². The van der Waals surface area contributed by atoms with Crippen LogP contribution in [0, 0.1) is 6.92 Å². The average molecular weight is 489 g/mol. The molecule has 180 valence electrons. The number of aromatic nitrogens is 2. The molecular formula is C35H26N3+. The van der Waals surface area contributed by atoms with E-state index < -0.39 is 0 Å². The summed E-state index contributed by atoms with van der Waals surface area (Å²) >= 11 is 0. The zero-order valence-electron chi connectivity index (χ0n) is 21.4. The van der Waals surface area contributed by atoms with Crippen molar-refractivity contribution in [1.82, 2.24) is 4.40 Å². The smallest absolute Gasteiger partial charge is 0.224 e. The van der Waals surface area contributed by atoms with Crippen LogP contribution in [0.2, 0.25) is 0 Å². The zero-order valence-corrected chi connectivity index (χ0v) is 21.4. The first kappa shape index (κ1) is 21.2. The van der Waals surface area contributed by atoms with Crippen molar-refractivity contribution in [1.29, 1.82) is 0 Å². The van der Waals surface area contributed by atoms with Crippen LogP contribution in [0.1, 0.15) is 5.56 Å². The van der Waals surface area contributed by atoms with Crippen molar-refractivity contribution in [3.63, 3.8) is 0 Å². The summed E-state index contributed by atoms with van der Waals surface area (Å²) in [7, 11) is 2.16. The molecule has 0 aliphatic rings. The molecule has 3 heterocycles. The summed E-state index contributed by atoms with van der Waals surface area (Å²) in [5.41, 5.74) is 9.80. The third-order valence-corrected chi connectivity index (χ3v) is 8.03. The Labute approximate surface area is 220 Å². The lowest BCUT2D eigenvalue weighted by molar-refractivity contribution is -0.643. The van der Waals surface area contributed by atoms with Gasteiger partial charge >= 0.3 is 0 Å². The molecule has 38 heavy (non-hydrogen) atoms. The Morgan fingerprint density at radius 1 is 0.605 bits per heavy atom. The lowest BCUT2D eigenvalue weighted by Gasteiger charge is -2.25. The Hall–Kier alpha value is -4.89. The number of aryl methyl sites for hydroxylation is 2. The molecular weight excluding hydrogens is 462 g/mol. The van der Waals surface area contributed by atoms with E-state index in [1.54, 1.807) is 0 Å². The summed E-state index contributed by atoms with van der Waals surface area (Å²) in [4.78, 5) is 2.34. The van der Waals surface area contributed by atoms with Gasteiger partial charge in [-0.1, -0.05) is 66.7 Å². The van der Waals surface area contributed by atoms with Crippen molar-refractivity contribution in [2.24, 2.45) is 7.05 Å². The molecule has 0 spiro atoms. The number of benzene rings is 5. The topological polar surface area (TPSA) is 11.5 Å². The van der Waals surface area contributed by atoms with Crippen LogP contribution >= 0.6 is 0 Å². The highest BCUT2D eigenvalue weighted by atomic mass is 15.1. The van der Waals surface area contributed by atoms with Crippen molar-refractivity contribution in [3.05, 3.63) is 127 Å². The third kappa shape index (κ3) is 2.81. The van der Waals surface area contributed by atoms with Gasteiger partial charge in [0.05, 0.1) is 27.3 Å². The van der Waals surface area contributed by atoms with E-state index >= 15 is 0 Å². The number of hydrogen-bond donors (Lipinski definition) is 0. The van der Waals surface area contributed by atoms with Crippen LogP contribution in [0.4, 0.5) is 17.1 Å². The number of anilines is 3. The van der Waals surface area contributed by atoms with Gasteiger partial charge in [-0.05, 0) is 60.3 Å². The highest BCUT2D eigenvalue weighted by Crippen LogP contribution is 2.43. The normalized spacial score (nSPS) is 11.9. The van der Waals surface area contributed by atoms with Crippen molar-refractivity contribution in [2.45, 2.75) is 6.92 Å². The fourth-order valence-electron chi connectivity index (χ4n) is 6.37. The molecule has 0 unspecified atom stereocenters. The molecule has 0 radical (unpaired) electrons. The van der Waals surface area contributed by atoms with Crippen molar-refractivity contribution in [2.75, 3.05) is 4.90 Å². The number of fused-ring (bicyclic) bond motifs is 5. The quantitative estimate of drug-likeness (QED) is 0.138. The first-order valence-corrected chi connectivity index (χ1v) is 13.1. The summed E-state index contributed by atoms with van der Waals surface area (Å²) in [6, 6.07) is 41.7. The van der Waals surface area contributed by atoms with Crippen molar-refractivity contribution < 1.29 is 4.57 Å². The van der Waals surface area contributed by atoms with Crippen LogP contribution in [-0.4, -0.2) is 4.40 Å². The Bertz CT molecular complexity index is 2100. The van der Waals surface area contributed by atoms with Crippen molar-refractivity contribution >= 4 is 66.1 Å². The van der Waals surface area contributed by atoms with Crippen LogP contribution in [0.25, 0.3) is 49.0 Å². The van der Waals surface area contributed by atoms with E-state index in [0.717, 1.165) is 17.1 Å². The molecule has 0 amide bonds. The van der Waals surface area contributed by atoms with Gasteiger partial charge in [0.15, 0.2) is 6.20 Å². The minimum atomic E-state index is 1.14. The monoisotopic (exact) mass is 488 g/mol. The Balaban J connectivity index is 1.55. The Kier molecular flexibility index (Phi) is 4.36. The molecule has 0 saturated carbocycles. The van der Waals surface area contributed by atoms with Gasteiger partial charge in [-0.3, -0.25) is 0 Å². The number of hydrogen-bond acceptors (Lipinski definition) is 1. The van der Waals surface area contributed by atoms with E-state index in [2.05, 4.69) is 149 Å². The minimum absolute atomic E-state index is 1.14. The van der Waals surface area contributed by atoms with E-state index in [0.29, 0.717) is 0 Å². The maximum Gasteiger partial charge on any atom is 0.224 e. The Morgan fingerprint density at radius 2 is 1.32 bits per heavy atom. The van der Waals surface area contributed by atoms with E-state index in [4.69, 9.17) is 0 Å². The van der Waals surface area contributed by atoms with Crippen LogP contribution in [0.3, 0.4) is 0 Å². The van der Waals surface area contributed by atoms with Gasteiger partial charge in [0.2, 0.25) is 5.52 Å². The molecule has 0 fully saturated rings. The fraction of sp³-hybridized carbons (Fsp3) is 0.0571. The minimum Gasteiger partial charge on any atom is -0.310 e. The molecule has 0 N–H and O–H groups in total. The molecule has 0 bridgehead atoms. The van der Waals surface area contributed by atoms with Crippen molar-refractivity contribution in [3.8, 4) is 0 Å². The molecule has 8 rings (SSSR count). The van der Waals surface area contributed by atoms with Gasteiger partial charge in [-0.25, -0.2) is 4.57 Å². The molecule has 0 aliphatic carbocycles. The SMILES string of the molecule is Cc1ccc2c3ccc(N(c4ccccc4)c4ccccc4)cc3n3c4cccc5cc[n+](C)c(c1c23)c54.